The Morgan fingerprint density at radius 1 is 1.35 bits per heavy atom. The first-order chi connectivity index (χ1) is 9.79. The molecule has 1 aromatic heterocycles. The topological polar surface area (TPSA) is 56.5 Å². The summed E-state index contributed by atoms with van der Waals surface area (Å²) in [6, 6.07) is 5.60. The maximum absolute atomic E-state index is 10.5. The molecule has 0 saturated heterocycles. The van der Waals surface area contributed by atoms with E-state index in [0.29, 0.717) is 31.1 Å². The van der Waals surface area contributed by atoms with E-state index in [1.54, 1.807) is 6.20 Å². The summed E-state index contributed by atoms with van der Waals surface area (Å²) in [5.41, 5.74) is 0.757. The number of para-hydroxylation sites is 1. The lowest BCUT2D eigenvalue weighted by Gasteiger charge is -2.23. The molecule has 0 bridgehead atoms. The number of aryl methyl sites for hydroxylation is 1. The minimum Gasteiger partial charge on any atom is -0.486 e. The van der Waals surface area contributed by atoms with Gasteiger partial charge in [0.25, 0.3) is 0 Å². The van der Waals surface area contributed by atoms with Gasteiger partial charge in [-0.25, -0.2) is 4.98 Å². The highest BCUT2D eigenvalue weighted by Crippen LogP contribution is 2.37. The quantitative estimate of drug-likeness (QED) is 0.926. The monoisotopic (exact) mass is 274 g/mol. The van der Waals surface area contributed by atoms with Gasteiger partial charge in [0, 0.05) is 30.9 Å². The maximum Gasteiger partial charge on any atom is 0.167 e. The van der Waals surface area contributed by atoms with Crippen LogP contribution in [-0.2, 0) is 13.0 Å². The fourth-order valence-corrected chi connectivity index (χ4v) is 2.46. The lowest BCUT2D eigenvalue weighted by Crippen LogP contribution is -2.18. The molecular formula is C15H18N2O3. The molecule has 0 amide bonds. The molecule has 1 aliphatic rings. The van der Waals surface area contributed by atoms with E-state index in [9.17, 15) is 5.11 Å². The molecule has 5 heteroatoms. The molecule has 0 fully saturated rings. The van der Waals surface area contributed by atoms with Crippen LogP contribution in [-0.4, -0.2) is 27.9 Å². The Balaban J connectivity index is 1.86. The van der Waals surface area contributed by atoms with Gasteiger partial charge in [-0.15, -0.1) is 0 Å². The van der Waals surface area contributed by atoms with E-state index in [1.807, 2.05) is 29.0 Å². The Morgan fingerprint density at radius 3 is 3.05 bits per heavy atom. The van der Waals surface area contributed by atoms with Gasteiger partial charge in [0.2, 0.25) is 0 Å². The summed E-state index contributed by atoms with van der Waals surface area (Å²) in [4.78, 5) is 4.30. The molecule has 2 aromatic rings. The molecule has 1 atom stereocenters. The molecule has 0 radical (unpaired) electrons. The van der Waals surface area contributed by atoms with Crippen molar-refractivity contribution in [3.63, 3.8) is 0 Å². The number of aliphatic hydroxyl groups is 1. The zero-order valence-electron chi connectivity index (χ0n) is 11.5. The van der Waals surface area contributed by atoms with Crippen LogP contribution in [0.25, 0.3) is 0 Å². The number of benzene rings is 1. The largest absolute Gasteiger partial charge is 0.486 e. The van der Waals surface area contributed by atoms with E-state index in [2.05, 4.69) is 11.9 Å². The summed E-state index contributed by atoms with van der Waals surface area (Å²) >= 11 is 0. The van der Waals surface area contributed by atoms with Crippen molar-refractivity contribution < 1.29 is 14.6 Å². The molecule has 5 nitrogen and oxygen atoms in total. The third kappa shape index (κ3) is 2.36. The van der Waals surface area contributed by atoms with Crippen LogP contribution >= 0.6 is 0 Å². The minimum atomic E-state index is -0.653. The van der Waals surface area contributed by atoms with E-state index in [-0.39, 0.29) is 0 Å². The number of fused-ring (bicyclic) bond motifs is 1. The third-order valence-electron chi connectivity index (χ3n) is 3.47. The van der Waals surface area contributed by atoms with Crippen LogP contribution in [0.5, 0.6) is 11.5 Å². The van der Waals surface area contributed by atoms with Gasteiger partial charge in [-0.3, -0.25) is 0 Å². The van der Waals surface area contributed by atoms with E-state index in [1.165, 1.54) is 0 Å². The van der Waals surface area contributed by atoms with Crippen LogP contribution in [0.2, 0.25) is 0 Å². The van der Waals surface area contributed by atoms with E-state index in [4.69, 9.17) is 9.47 Å². The Morgan fingerprint density at radius 2 is 2.20 bits per heavy atom. The molecule has 1 N–H and O–H groups in total. The molecule has 1 unspecified atom stereocenters. The van der Waals surface area contributed by atoms with Crippen LogP contribution in [0.1, 0.15) is 24.4 Å². The normalized spacial score (nSPS) is 15.1. The summed E-state index contributed by atoms with van der Waals surface area (Å²) < 4.78 is 13.2. The molecule has 1 aromatic carbocycles. The van der Waals surface area contributed by atoms with E-state index in [0.717, 1.165) is 17.9 Å². The van der Waals surface area contributed by atoms with E-state index >= 15 is 0 Å². The van der Waals surface area contributed by atoms with Crippen molar-refractivity contribution in [2.45, 2.75) is 26.0 Å². The average Bonchev–Trinajstić information content (AvgIpc) is 2.93. The highest BCUT2D eigenvalue weighted by molar-refractivity contribution is 5.48. The van der Waals surface area contributed by atoms with Crippen molar-refractivity contribution in [3.8, 4) is 11.5 Å². The number of aromatic nitrogens is 2. The smallest absolute Gasteiger partial charge is 0.167 e. The van der Waals surface area contributed by atoms with Gasteiger partial charge < -0.3 is 19.1 Å². The summed E-state index contributed by atoms with van der Waals surface area (Å²) in [7, 11) is 0. The number of rotatable bonds is 4. The Bertz CT molecular complexity index is 595. The molecule has 106 valence electrons. The second kappa shape index (κ2) is 5.54. The number of nitrogens with zero attached hydrogens (tertiary/aromatic N) is 2. The number of aliphatic hydroxyl groups excluding tert-OH is 1. The van der Waals surface area contributed by atoms with Crippen LogP contribution in [0.15, 0.2) is 30.6 Å². The summed E-state index contributed by atoms with van der Waals surface area (Å²) in [5, 5.41) is 10.5. The Kier molecular flexibility index (Phi) is 3.60. The van der Waals surface area contributed by atoms with Gasteiger partial charge in [0.15, 0.2) is 11.5 Å². The SMILES string of the molecule is CCn1ccnc1CC(O)c1cccc2c1OCCO2. The highest BCUT2D eigenvalue weighted by atomic mass is 16.6. The second-order valence-electron chi connectivity index (χ2n) is 4.72. The zero-order chi connectivity index (χ0) is 13.9. The first-order valence-corrected chi connectivity index (χ1v) is 6.86. The van der Waals surface area contributed by atoms with Crippen LogP contribution < -0.4 is 9.47 Å². The van der Waals surface area contributed by atoms with Crippen LogP contribution in [0.3, 0.4) is 0 Å². The van der Waals surface area contributed by atoms with Gasteiger partial charge in [-0.2, -0.15) is 0 Å². The molecule has 0 spiro atoms. The average molecular weight is 274 g/mol. The minimum absolute atomic E-state index is 0.459. The van der Waals surface area contributed by atoms with Crippen molar-refractivity contribution >= 4 is 0 Å². The molecule has 20 heavy (non-hydrogen) atoms. The van der Waals surface area contributed by atoms with Crippen LogP contribution in [0, 0.1) is 0 Å². The van der Waals surface area contributed by atoms with Crippen molar-refractivity contribution in [3.05, 3.63) is 42.0 Å². The predicted octanol–water partition coefficient (Wildman–Crippen LogP) is 1.95. The lowest BCUT2D eigenvalue weighted by atomic mass is 10.0. The molecule has 0 saturated carbocycles. The Hall–Kier alpha value is -2.01. The first kappa shape index (κ1) is 13.0. The second-order valence-corrected chi connectivity index (χ2v) is 4.72. The number of hydrogen-bond acceptors (Lipinski definition) is 4. The summed E-state index contributed by atoms with van der Waals surface area (Å²) in [5.74, 6) is 2.22. The zero-order valence-corrected chi connectivity index (χ0v) is 11.5. The van der Waals surface area contributed by atoms with Gasteiger partial charge in [0.05, 0.1) is 6.10 Å². The van der Waals surface area contributed by atoms with Crippen molar-refractivity contribution in [1.82, 2.24) is 9.55 Å². The van der Waals surface area contributed by atoms with Gasteiger partial charge >= 0.3 is 0 Å². The molecule has 1 aliphatic heterocycles. The standard InChI is InChI=1S/C15H18N2O3/c1-2-17-7-6-16-14(17)10-12(18)11-4-3-5-13-15(11)20-9-8-19-13/h3-7,12,18H,2,8-10H2,1H3. The highest BCUT2D eigenvalue weighted by Gasteiger charge is 2.21. The van der Waals surface area contributed by atoms with Gasteiger partial charge in [-0.05, 0) is 13.0 Å². The fraction of sp³-hybridized carbons (Fsp3) is 0.400. The van der Waals surface area contributed by atoms with Crippen molar-refractivity contribution in [2.24, 2.45) is 0 Å². The van der Waals surface area contributed by atoms with Crippen molar-refractivity contribution in [1.29, 1.82) is 0 Å². The van der Waals surface area contributed by atoms with Crippen molar-refractivity contribution in [2.75, 3.05) is 13.2 Å². The summed E-state index contributed by atoms with van der Waals surface area (Å²) in [6.07, 6.45) is 3.48. The number of ether oxygens (including phenoxy) is 2. The van der Waals surface area contributed by atoms with E-state index < -0.39 is 6.10 Å². The predicted molar refractivity (Wildman–Crippen MR) is 74.0 cm³/mol. The molecule has 0 aliphatic carbocycles. The molecular weight excluding hydrogens is 256 g/mol. The first-order valence-electron chi connectivity index (χ1n) is 6.86. The molecule has 3 rings (SSSR count). The number of hydrogen-bond donors (Lipinski definition) is 1. The molecule has 2 heterocycles. The number of imidazole rings is 1. The van der Waals surface area contributed by atoms with Gasteiger partial charge in [-0.1, -0.05) is 12.1 Å². The third-order valence-corrected chi connectivity index (χ3v) is 3.47. The fourth-order valence-electron chi connectivity index (χ4n) is 2.46. The van der Waals surface area contributed by atoms with Crippen LogP contribution in [0.4, 0.5) is 0 Å². The Labute approximate surface area is 117 Å². The van der Waals surface area contributed by atoms with Gasteiger partial charge in [0.1, 0.15) is 19.0 Å². The lowest BCUT2D eigenvalue weighted by molar-refractivity contribution is 0.144. The maximum atomic E-state index is 10.5. The summed E-state index contributed by atoms with van der Waals surface area (Å²) in [6.45, 7) is 3.96.